The second-order valence-corrected chi connectivity index (χ2v) is 7.09. The van der Waals surface area contributed by atoms with Crippen LogP contribution in [0, 0.1) is 0 Å². The Morgan fingerprint density at radius 3 is 2.78 bits per heavy atom. The number of hydrogen-bond donors (Lipinski definition) is 2. The largest absolute Gasteiger partial charge is 0.459 e. The normalized spacial score (nSPS) is 12.2. The first kappa shape index (κ1) is 17.3. The number of aromatic nitrogens is 3. The Balaban J connectivity index is 1.61. The molecule has 27 heavy (non-hydrogen) atoms. The number of hydrogen-bond acceptors (Lipinski definition) is 7. The Kier molecular flexibility index (Phi) is 4.91. The van der Waals surface area contributed by atoms with Crippen LogP contribution in [-0.4, -0.2) is 21.1 Å². The maximum Gasteiger partial charge on any atom is 0.227 e. The Bertz CT molecular complexity index is 1030. The van der Waals surface area contributed by atoms with Crippen LogP contribution in [0.3, 0.4) is 0 Å². The molecule has 0 fully saturated rings. The fourth-order valence-electron chi connectivity index (χ4n) is 2.80. The zero-order valence-corrected chi connectivity index (χ0v) is 15.1. The van der Waals surface area contributed by atoms with Crippen molar-refractivity contribution in [3.8, 4) is 0 Å². The molecule has 0 radical (unpaired) electrons. The summed E-state index contributed by atoms with van der Waals surface area (Å²) in [5, 5.41) is 13.3. The third kappa shape index (κ3) is 3.86. The number of nitrogens with zero attached hydrogens (tertiary/aromatic N) is 3. The lowest BCUT2D eigenvalue weighted by molar-refractivity contribution is -0.121. The van der Waals surface area contributed by atoms with E-state index in [0.717, 1.165) is 16.5 Å². The van der Waals surface area contributed by atoms with E-state index in [4.69, 9.17) is 10.2 Å². The average Bonchev–Trinajstić information content (AvgIpc) is 3.33. The van der Waals surface area contributed by atoms with Crippen LogP contribution in [0.25, 0.3) is 11.0 Å². The molecule has 136 valence electrons. The van der Waals surface area contributed by atoms with Gasteiger partial charge in [-0.25, -0.2) is 0 Å². The van der Waals surface area contributed by atoms with Gasteiger partial charge in [-0.3, -0.25) is 9.78 Å². The third-order valence-corrected chi connectivity index (χ3v) is 4.99. The van der Waals surface area contributed by atoms with Gasteiger partial charge in [-0.2, -0.15) is 0 Å². The SMILES string of the molecule is NCc1nnc(CC(=O)NC(c2cccnc2)c2cc3ccccc3o2)s1. The minimum absolute atomic E-state index is 0.134. The maximum absolute atomic E-state index is 12.6. The molecule has 7 nitrogen and oxygen atoms in total. The zero-order chi connectivity index (χ0) is 18.6. The average molecular weight is 379 g/mol. The summed E-state index contributed by atoms with van der Waals surface area (Å²) in [7, 11) is 0. The Hall–Kier alpha value is -3.10. The number of carbonyl (C=O) groups excluding carboxylic acids is 1. The van der Waals surface area contributed by atoms with Gasteiger partial charge in [0.2, 0.25) is 5.91 Å². The molecule has 1 amide bonds. The van der Waals surface area contributed by atoms with Gasteiger partial charge >= 0.3 is 0 Å². The summed E-state index contributed by atoms with van der Waals surface area (Å²) in [5.74, 6) is 0.474. The number of amides is 1. The van der Waals surface area contributed by atoms with Crippen LogP contribution < -0.4 is 11.1 Å². The molecular formula is C19H17N5O2S. The first-order chi connectivity index (χ1) is 13.2. The Labute approximate surface area is 159 Å². The summed E-state index contributed by atoms with van der Waals surface area (Å²) in [4.78, 5) is 16.8. The fraction of sp³-hybridized carbons (Fsp3) is 0.158. The molecule has 0 spiro atoms. The molecular weight excluding hydrogens is 362 g/mol. The van der Waals surface area contributed by atoms with Crippen LogP contribution in [0.5, 0.6) is 0 Å². The number of rotatable bonds is 6. The second-order valence-electron chi connectivity index (χ2n) is 5.94. The van der Waals surface area contributed by atoms with E-state index in [1.54, 1.807) is 12.4 Å². The lowest BCUT2D eigenvalue weighted by Crippen LogP contribution is -2.30. The molecule has 0 aliphatic rings. The van der Waals surface area contributed by atoms with Crippen molar-refractivity contribution >= 4 is 28.2 Å². The maximum atomic E-state index is 12.6. The molecule has 8 heteroatoms. The van der Waals surface area contributed by atoms with E-state index < -0.39 is 6.04 Å². The molecule has 0 bridgehead atoms. The number of nitrogens with one attached hydrogen (secondary N) is 1. The highest BCUT2D eigenvalue weighted by molar-refractivity contribution is 7.11. The van der Waals surface area contributed by atoms with E-state index in [9.17, 15) is 4.79 Å². The standard InChI is InChI=1S/C19H17N5O2S/c20-10-18-24-23-17(27-18)9-16(25)22-19(13-5-3-7-21-11-13)15-8-12-4-1-2-6-14(12)26-15/h1-8,11,19H,9-10,20H2,(H,22,25). The number of furan rings is 1. The summed E-state index contributed by atoms with van der Waals surface area (Å²) >= 11 is 1.34. The molecule has 0 saturated carbocycles. The summed E-state index contributed by atoms with van der Waals surface area (Å²) in [6.07, 6.45) is 3.54. The van der Waals surface area contributed by atoms with Crippen molar-refractivity contribution in [2.45, 2.75) is 19.0 Å². The van der Waals surface area contributed by atoms with E-state index >= 15 is 0 Å². The van der Waals surface area contributed by atoms with Gasteiger partial charge in [0.15, 0.2) is 0 Å². The van der Waals surface area contributed by atoms with Gasteiger partial charge in [0.25, 0.3) is 0 Å². The third-order valence-electron chi connectivity index (χ3n) is 4.05. The van der Waals surface area contributed by atoms with Gasteiger partial charge in [0, 0.05) is 29.9 Å². The fourth-order valence-corrected chi connectivity index (χ4v) is 3.52. The first-order valence-corrected chi connectivity index (χ1v) is 9.23. The lowest BCUT2D eigenvalue weighted by atomic mass is 10.1. The number of benzene rings is 1. The van der Waals surface area contributed by atoms with Crippen molar-refractivity contribution in [3.63, 3.8) is 0 Å². The minimum atomic E-state index is -0.444. The predicted octanol–water partition coefficient (Wildman–Crippen LogP) is 2.59. The molecule has 1 atom stereocenters. The summed E-state index contributed by atoms with van der Waals surface area (Å²) in [6, 6.07) is 13.0. The smallest absolute Gasteiger partial charge is 0.227 e. The quantitative estimate of drug-likeness (QED) is 0.533. The minimum Gasteiger partial charge on any atom is -0.459 e. The van der Waals surface area contributed by atoms with Gasteiger partial charge in [-0.15, -0.1) is 10.2 Å². The molecule has 1 aromatic carbocycles. The predicted molar refractivity (Wildman–Crippen MR) is 102 cm³/mol. The monoisotopic (exact) mass is 379 g/mol. The summed E-state index contributed by atoms with van der Waals surface area (Å²) in [5.41, 5.74) is 7.16. The van der Waals surface area contributed by atoms with Gasteiger partial charge in [-0.05, 0) is 18.2 Å². The topological polar surface area (TPSA) is 107 Å². The molecule has 3 N–H and O–H groups in total. The molecule has 4 aromatic rings. The van der Waals surface area contributed by atoms with Crippen molar-refractivity contribution in [1.82, 2.24) is 20.5 Å². The lowest BCUT2D eigenvalue weighted by Gasteiger charge is -2.16. The molecule has 4 rings (SSSR count). The van der Waals surface area contributed by atoms with Gasteiger partial charge < -0.3 is 15.5 Å². The highest BCUT2D eigenvalue weighted by Gasteiger charge is 2.22. The van der Waals surface area contributed by atoms with Crippen molar-refractivity contribution in [1.29, 1.82) is 0 Å². The second kappa shape index (κ2) is 7.65. The number of nitrogens with two attached hydrogens (primary N) is 1. The number of carbonyl (C=O) groups is 1. The number of pyridine rings is 1. The van der Waals surface area contributed by atoms with E-state index in [-0.39, 0.29) is 12.3 Å². The first-order valence-electron chi connectivity index (χ1n) is 8.42. The van der Waals surface area contributed by atoms with Crippen LogP contribution in [0.2, 0.25) is 0 Å². The van der Waals surface area contributed by atoms with E-state index in [1.165, 1.54) is 11.3 Å². The van der Waals surface area contributed by atoms with Crippen LogP contribution >= 0.6 is 11.3 Å². The molecule has 0 saturated heterocycles. The highest BCUT2D eigenvalue weighted by atomic mass is 32.1. The van der Waals surface area contributed by atoms with Gasteiger partial charge in [-0.1, -0.05) is 35.6 Å². The summed E-state index contributed by atoms with van der Waals surface area (Å²) < 4.78 is 5.97. The van der Waals surface area contributed by atoms with Crippen molar-refractivity contribution in [2.24, 2.45) is 5.73 Å². The van der Waals surface area contributed by atoms with Crippen LogP contribution in [-0.2, 0) is 17.8 Å². The highest BCUT2D eigenvalue weighted by Crippen LogP contribution is 2.28. The van der Waals surface area contributed by atoms with Crippen molar-refractivity contribution in [3.05, 3.63) is 76.2 Å². The van der Waals surface area contributed by atoms with E-state index in [2.05, 4.69) is 20.5 Å². The Morgan fingerprint density at radius 2 is 2.04 bits per heavy atom. The molecule has 0 aliphatic heterocycles. The van der Waals surface area contributed by atoms with Gasteiger partial charge in [0.05, 0.1) is 6.42 Å². The molecule has 1 unspecified atom stereocenters. The summed E-state index contributed by atoms with van der Waals surface area (Å²) in [6.45, 7) is 0.316. The molecule has 3 aromatic heterocycles. The van der Waals surface area contributed by atoms with Gasteiger partial charge in [0.1, 0.15) is 27.4 Å². The van der Waals surface area contributed by atoms with Crippen LogP contribution in [0.15, 0.2) is 59.3 Å². The Morgan fingerprint density at radius 1 is 1.19 bits per heavy atom. The van der Waals surface area contributed by atoms with Crippen molar-refractivity contribution < 1.29 is 9.21 Å². The van der Waals surface area contributed by atoms with E-state index in [1.807, 2.05) is 42.5 Å². The number of para-hydroxylation sites is 1. The molecule has 3 heterocycles. The van der Waals surface area contributed by atoms with Crippen molar-refractivity contribution in [2.75, 3.05) is 0 Å². The van der Waals surface area contributed by atoms with Crippen LogP contribution in [0.1, 0.15) is 27.4 Å². The number of fused-ring (bicyclic) bond motifs is 1. The zero-order valence-electron chi connectivity index (χ0n) is 14.3. The van der Waals surface area contributed by atoms with Crippen LogP contribution in [0.4, 0.5) is 0 Å². The molecule has 0 aliphatic carbocycles. The van der Waals surface area contributed by atoms with E-state index in [0.29, 0.717) is 22.3 Å².